The topological polar surface area (TPSA) is 58.6 Å². The summed E-state index contributed by atoms with van der Waals surface area (Å²) in [5, 5.41) is 0. The minimum Gasteiger partial charge on any atom is -0.480 e. The van der Waals surface area contributed by atoms with Crippen molar-refractivity contribution in [1.29, 1.82) is 0 Å². The van der Waals surface area contributed by atoms with Crippen molar-refractivity contribution in [2.45, 2.75) is 13.8 Å². The zero-order chi connectivity index (χ0) is 17.1. The molecule has 3 rings (SSSR count). The second-order valence-corrected chi connectivity index (χ2v) is 5.97. The van der Waals surface area contributed by atoms with Gasteiger partial charge in [0, 0.05) is 31.7 Å². The van der Waals surface area contributed by atoms with Crippen LogP contribution in [0.15, 0.2) is 30.6 Å². The molecule has 1 amide bonds. The van der Waals surface area contributed by atoms with Gasteiger partial charge in [-0.1, -0.05) is 18.2 Å². The number of amides is 1. The van der Waals surface area contributed by atoms with Gasteiger partial charge in [0.25, 0.3) is 5.91 Å². The smallest absolute Gasteiger partial charge is 0.254 e. The normalized spacial score (nSPS) is 14.6. The fourth-order valence-electron chi connectivity index (χ4n) is 3.04. The van der Waals surface area contributed by atoms with E-state index in [1.165, 1.54) is 0 Å². The van der Waals surface area contributed by atoms with Gasteiger partial charge in [0.2, 0.25) is 5.88 Å². The number of aryl methyl sites for hydroxylation is 2. The maximum absolute atomic E-state index is 12.8. The number of hydrogen-bond acceptors (Lipinski definition) is 5. The molecule has 1 fully saturated rings. The summed E-state index contributed by atoms with van der Waals surface area (Å²) in [5.41, 5.74) is 2.88. The van der Waals surface area contributed by atoms with Crippen molar-refractivity contribution in [1.82, 2.24) is 14.9 Å². The third-order valence-corrected chi connectivity index (χ3v) is 4.39. The molecule has 1 saturated heterocycles. The molecule has 0 aliphatic carbocycles. The molecule has 1 aromatic heterocycles. The number of carbonyl (C=O) groups excluding carboxylic acids is 1. The van der Waals surface area contributed by atoms with Gasteiger partial charge >= 0.3 is 0 Å². The number of aromatic nitrogens is 2. The largest absolute Gasteiger partial charge is 0.480 e. The first-order valence-electron chi connectivity index (χ1n) is 8.06. The van der Waals surface area contributed by atoms with E-state index in [0.717, 1.165) is 35.6 Å². The van der Waals surface area contributed by atoms with Crippen LogP contribution in [0.3, 0.4) is 0 Å². The Morgan fingerprint density at radius 2 is 1.75 bits per heavy atom. The average Bonchev–Trinajstić information content (AvgIpc) is 2.61. The van der Waals surface area contributed by atoms with Crippen LogP contribution in [0.5, 0.6) is 5.88 Å². The van der Waals surface area contributed by atoms with Gasteiger partial charge < -0.3 is 14.5 Å². The fraction of sp³-hybridized carbons (Fsp3) is 0.389. The minimum absolute atomic E-state index is 0.113. The highest BCUT2D eigenvalue weighted by Gasteiger charge is 2.25. The van der Waals surface area contributed by atoms with Crippen LogP contribution in [0.4, 0.5) is 5.82 Å². The first-order valence-corrected chi connectivity index (χ1v) is 8.06. The molecule has 6 heteroatoms. The highest BCUT2D eigenvalue weighted by atomic mass is 16.5. The summed E-state index contributed by atoms with van der Waals surface area (Å²) in [6, 6.07) is 5.96. The Balaban J connectivity index is 1.69. The van der Waals surface area contributed by atoms with E-state index in [0.29, 0.717) is 19.0 Å². The third-order valence-electron chi connectivity index (χ3n) is 4.39. The lowest BCUT2D eigenvalue weighted by Gasteiger charge is -2.35. The summed E-state index contributed by atoms with van der Waals surface area (Å²) < 4.78 is 5.12. The summed E-state index contributed by atoms with van der Waals surface area (Å²) in [6.45, 7) is 6.79. The van der Waals surface area contributed by atoms with Crippen LogP contribution in [0.25, 0.3) is 0 Å². The predicted octanol–water partition coefficient (Wildman–Crippen LogP) is 2.06. The number of hydrogen-bond donors (Lipinski definition) is 0. The molecular weight excluding hydrogens is 304 g/mol. The van der Waals surface area contributed by atoms with Gasteiger partial charge in [-0.15, -0.1) is 0 Å². The van der Waals surface area contributed by atoms with Crippen molar-refractivity contribution in [2.75, 3.05) is 38.2 Å². The van der Waals surface area contributed by atoms with Crippen molar-refractivity contribution in [3.8, 4) is 5.88 Å². The standard InChI is InChI=1S/C18H22N4O2/c1-13-5-4-6-14(2)17(13)18(23)22-9-7-21(8-10-22)15-11-19-12-16(20-15)24-3/h4-6,11-12H,7-10H2,1-3H3. The Bertz CT molecular complexity index is 719. The molecular formula is C18H22N4O2. The highest BCUT2D eigenvalue weighted by Crippen LogP contribution is 2.19. The third kappa shape index (κ3) is 3.18. The molecule has 0 N–H and O–H groups in total. The van der Waals surface area contributed by atoms with E-state index in [1.807, 2.05) is 36.9 Å². The monoisotopic (exact) mass is 326 g/mol. The van der Waals surface area contributed by atoms with E-state index >= 15 is 0 Å². The quantitative estimate of drug-likeness (QED) is 0.864. The number of methoxy groups -OCH3 is 1. The molecule has 1 aliphatic heterocycles. The van der Waals surface area contributed by atoms with Crippen LogP contribution >= 0.6 is 0 Å². The van der Waals surface area contributed by atoms with Crippen LogP contribution in [0, 0.1) is 13.8 Å². The molecule has 1 aliphatic rings. The Hall–Kier alpha value is -2.63. The van der Waals surface area contributed by atoms with Gasteiger partial charge in [-0.25, -0.2) is 0 Å². The Kier molecular flexibility index (Phi) is 4.64. The number of anilines is 1. The summed E-state index contributed by atoms with van der Waals surface area (Å²) in [7, 11) is 1.58. The zero-order valence-electron chi connectivity index (χ0n) is 14.3. The Morgan fingerprint density at radius 3 is 2.38 bits per heavy atom. The van der Waals surface area contributed by atoms with Gasteiger partial charge in [-0.05, 0) is 25.0 Å². The maximum atomic E-state index is 12.8. The molecule has 0 saturated carbocycles. The van der Waals surface area contributed by atoms with Crippen LogP contribution in [-0.2, 0) is 0 Å². The van der Waals surface area contributed by atoms with Crippen LogP contribution in [-0.4, -0.2) is 54.1 Å². The van der Waals surface area contributed by atoms with Gasteiger partial charge in [-0.2, -0.15) is 4.98 Å². The first-order chi connectivity index (χ1) is 11.6. The van der Waals surface area contributed by atoms with Gasteiger partial charge in [0.1, 0.15) is 0 Å². The molecule has 2 heterocycles. The van der Waals surface area contributed by atoms with E-state index in [2.05, 4.69) is 14.9 Å². The second-order valence-electron chi connectivity index (χ2n) is 5.97. The van der Waals surface area contributed by atoms with Gasteiger partial charge in [-0.3, -0.25) is 9.78 Å². The van der Waals surface area contributed by atoms with Crippen LogP contribution in [0.1, 0.15) is 21.5 Å². The van der Waals surface area contributed by atoms with Crippen molar-refractivity contribution < 1.29 is 9.53 Å². The lowest BCUT2D eigenvalue weighted by Crippen LogP contribution is -2.49. The molecule has 0 spiro atoms. The fourth-order valence-corrected chi connectivity index (χ4v) is 3.04. The molecule has 0 bridgehead atoms. The van der Waals surface area contributed by atoms with Crippen molar-refractivity contribution in [3.63, 3.8) is 0 Å². The summed E-state index contributed by atoms with van der Waals surface area (Å²) in [5.74, 6) is 1.40. The van der Waals surface area contributed by atoms with E-state index in [1.54, 1.807) is 19.5 Å². The van der Waals surface area contributed by atoms with E-state index < -0.39 is 0 Å². The van der Waals surface area contributed by atoms with E-state index in [4.69, 9.17) is 4.74 Å². The molecule has 126 valence electrons. The Labute approximate surface area is 142 Å². The molecule has 0 atom stereocenters. The van der Waals surface area contributed by atoms with Crippen molar-refractivity contribution >= 4 is 11.7 Å². The van der Waals surface area contributed by atoms with Crippen molar-refractivity contribution in [2.24, 2.45) is 0 Å². The molecule has 24 heavy (non-hydrogen) atoms. The molecule has 0 radical (unpaired) electrons. The van der Waals surface area contributed by atoms with Crippen LogP contribution in [0.2, 0.25) is 0 Å². The van der Waals surface area contributed by atoms with E-state index in [-0.39, 0.29) is 5.91 Å². The number of carbonyl (C=O) groups is 1. The number of piperazine rings is 1. The highest BCUT2D eigenvalue weighted by molar-refractivity contribution is 5.97. The number of ether oxygens (including phenoxy) is 1. The average molecular weight is 326 g/mol. The van der Waals surface area contributed by atoms with Gasteiger partial charge in [0.15, 0.2) is 5.82 Å². The lowest BCUT2D eigenvalue weighted by molar-refractivity contribution is 0.0745. The van der Waals surface area contributed by atoms with Gasteiger partial charge in [0.05, 0.1) is 19.5 Å². The molecule has 6 nitrogen and oxygen atoms in total. The maximum Gasteiger partial charge on any atom is 0.254 e. The number of benzene rings is 1. The summed E-state index contributed by atoms with van der Waals surface area (Å²) in [6.07, 6.45) is 3.32. The second kappa shape index (κ2) is 6.86. The number of rotatable bonds is 3. The lowest BCUT2D eigenvalue weighted by atomic mass is 10.0. The SMILES string of the molecule is COc1cncc(N2CCN(C(=O)c3c(C)cccc3C)CC2)n1. The number of nitrogens with zero attached hydrogens (tertiary/aromatic N) is 4. The summed E-state index contributed by atoms with van der Waals surface area (Å²) in [4.78, 5) is 25.4. The minimum atomic E-state index is 0.113. The molecule has 1 aromatic carbocycles. The van der Waals surface area contributed by atoms with E-state index in [9.17, 15) is 4.79 Å². The zero-order valence-corrected chi connectivity index (χ0v) is 14.3. The first kappa shape index (κ1) is 16.2. The summed E-state index contributed by atoms with van der Waals surface area (Å²) >= 11 is 0. The van der Waals surface area contributed by atoms with Crippen LogP contribution < -0.4 is 9.64 Å². The van der Waals surface area contributed by atoms with Crippen molar-refractivity contribution in [3.05, 3.63) is 47.3 Å². The molecule has 0 unspecified atom stereocenters. The predicted molar refractivity (Wildman–Crippen MR) is 92.6 cm³/mol. The molecule has 2 aromatic rings. The Morgan fingerprint density at radius 1 is 1.08 bits per heavy atom.